The summed E-state index contributed by atoms with van der Waals surface area (Å²) in [6.45, 7) is 1.70. The van der Waals surface area contributed by atoms with Crippen LogP contribution in [0, 0.1) is 0 Å². The summed E-state index contributed by atoms with van der Waals surface area (Å²) in [4.78, 5) is 23.9. The number of carbonyl (C=O) groups excluding carboxylic acids is 2. The second-order valence-corrected chi connectivity index (χ2v) is 7.10. The molecule has 0 rings (SSSR count). The van der Waals surface area contributed by atoms with E-state index in [2.05, 4.69) is 10.7 Å². The van der Waals surface area contributed by atoms with Gasteiger partial charge in [-0.3, -0.25) is 20.0 Å². The Bertz CT molecular complexity index is 441. The first-order valence-electron chi connectivity index (χ1n) is 6.44. The summed E-state index contributed by atoms with van der Waals surface area (Å²) in [5.41, 5.74) is 2.23. The number of nitrogens with two attached hydrogens (primary N) is 1. The van der Waals surface area contributed by atoms with Gasteiger partial charge in [0.25, 0.3) is 10.1 Å². The summed E-state index contributed by atoms with van der Waals surface area (Å²) < 4.78 is 29.8. The third-order valence-corrected chi connectivity index (χ3v) is 4.23. The minimum atomic E-state index is -4.02. The lowest BCUT2D eigenvalue weighted by molar-refractivity contribution is -0.138. The first kappa shape index (κ1) is 20.5. The van der Waals surface area contributed by atoms with Crippen molar-refractivity contribution in [1.82, 2.24) is 10.7 Å². The average molecular weight is 341 g/mol. The Balaban J connectivity index is 4.50. The van der Waals surface area contributed by atoms with Crippen LogP contribution in [0.3, 0.4) is 0 Å². The number of hydrogen-bond donors (Lipinski definition) is 4. The lowest BCUT2D eigenvalue weighted by Crippen LogP contribution is -2.49. The minimum absolute atomic E-state index is 0.154. The van der Waals surface area contributed by atoms with Gasteiger partial charge < -0.3 is 5.32 Å². The highest BCUT2D eigenvalue weighted by Gasteiger charge is 2.27. The van der Waals surface area contributed by atoms with Crippen LogP contribution in [-0.4, -0.2) is 60.9 Å². The maximum absolute atomic E-state index is 12.1. The van der Waals surface area contributed by atoms with Crippen LogP contribution >= 0.6 is 11.8 Å². The molecule has 0 radical (unpaired) electrons. The fourth-order valence-electron chi connectivity index (χ4n) is 1.55. The summed E-state index contributed by atoms with van der Waals surface area (Å²) in [7, 11) is -4.02. The molecule has 2 atom stereocenters. The van der Waals surface area contributed by atoms with Gasteiger partial charge >= 0.3 is 0 Å². The Morgan fingerprint density at radius 2 is 1.95 bits per heavy atom. The molecule has 10 heteroatoms. The largest absolute Gasteiger partial charge is 0.307 e. The van der Waals surface area contributed by atoms with Crippen molar-refractivity contribution in [2.24, 2.45) is 5.84 Å². The molecule has 0 aliphatic heterocycles. The van der Waals surface area contributed by atoms with E-state index in [9.17, 15) is 18.0 Å². The van der Waals surface area contributed by atoms with Crippen LogP contribution in [-0.2, 0) is 19.7 Å². The first-order valence-corrected chi connectivity index (χ1v) is 9.45. The minimum Gasteiger partial charge on any atom is -0.307 e. The predicted octanol–water partition coefficient (Wildman–Crippen LogP) is -1.03. The number of nitrogens with one attached hydrogen (secondary N) is 2. The Kier molecular flexibility index (Phi) is 9.99. The zero-order valence-corrected chi connectivity index (χ0v) is 13.8. The number of carbonyl (C=O) groups is 2. The summed E-state index contributed by atoms with van der Waals surface area (Å²) in [5.74, 6) is 4.23. The highest BCUT2D eigenvalue weighted by atomic mass is 32.2. The second kappa shape index (κ2) is 10.2. The van der Waals surface area contributed by atoms with Gasteiger partial charge in [-0.25, -0.2) is 5.43 Å². The van der Waals surface area contributed by atoms with Crippen molar-refractivity contribution in [2.75, 3.05) is 24.3 Å². The van der Waals surface area contributed by atoms with Crippen LogP contribution in [0.5, 0.6) is 0 Å². The fraction of sp³-hybridized carbons (Fsp3) is 0.818. The van der Waals surface area contributed by atoms with E-state index in [-0.39, 0.29) is 13.0 Å². The van der Waals surface area contributed by atoms with Gasteiger partial charge in [-0.2, -0.15) is 20.2 Å². The van der Waals surface area contributed by atoms with E-state index in [1.54, 1.807) is 0 Å². The number of hydrogen-bond acceptors (Lipinski definition) is 8. The van der Waals surface area contributed by atoms with Crippen molar-refractivity contribution in [3.05, 3.63) is 0 Å². The van der Waals surface area contributed by atoms with Crippen molar-refractivity contribution in [3.63, 3.8) is 0 Å². The van der Waals surface area contributed by atoms with Gasteiger partial charge in [-0.05, 0) is 38.3 Å². The van der Waals surface area contributed by atoms with Crippen LogP contribution < -0.4 is 16.6 Å². The zero-order chi connectivity index (χ0) is 16.5. The topological polar surface area (TPSA) is 139 Å². The van der Waals surface area contributed by atoms with E-state index in [0.717, 1.165) is 0 Å². The number of thioether (sulfide) groups is 1. The van der Waals surface area contributed by atoms with E-state index in [1.807, 2.05) is 6.26 Å². The number of rotatable bonds is 12. The van der Waals surface area contributed by atoms with Crippen molar-refractivity contribution < 1.29 is 22.6 Å². The third kappa shape index (κ3) is 9.17. The SMILES string of the molecule is CSCC[C@H](NCCCS(=O)(=O)O)C(=O)C(=O)C(C)NN. The number of hydrazine groups is 1. The van der Waals surface area contributed by atoms with E-state index >= 15 is 0 Å². The van der Waals surface area contributed by atoms with Gasteiger partial charge in [-0.1, -0.05) is 0 Å². The van der Waals surface area contributed by atoms with Crippen LogP contribution in [0.1, 0.15) is 19.8 Å². The summed E-state index contributed by atoms with van der Waals surface area (Å²) in [6, 6.07) is -1.45. The van der Waals surface area contributed by atoms with E-state index < -0.39 is 39.5 Å². The third-order valence-electron chi connectivity index (χ3n) is 2.78. The van der Waals surface area contributed by atoms with E-state index in [4.69, 9.17) is 10.4 Å². The molecular weight excluding hydrogens is 318 g/mol. The van der Waals surface area contributed by atoms with Crippen molar-refractivity contribution in [2.45, 2.75) is 31.8 Å². The monoisotopic (exact) mass is 341 g/mol. The molecule has 0 aromatic heterocycles. The molecule has 0 aromatic carbocycles. The molecule has 0 fully saturated rings. The molecule has 0 bridgehead atoms. The number of ketones is 2. The zero-order valence-electron chi connectivity index (χ0n) is 12.2. The molecule has 0 spiro atoms. The Labute approximate surface area is 129 Å². The predicted molar refractivity (Wildman–Crippen MR) is 82.6 cm³/mol. The summed E-state index contributed by atoms with van der Waals surface area (Å²) in [5, 5.41) is 2.86. The van der Waals surface area contributed by atoms with Gasteiger partial charge in [0.05, 0.1) is 17.8 Å². The molecule has 5 N–H and O–H groups in total. The van der Waals surface area contributed by atoms with E-state index in [1.165, 1.54) is 18.7 Å². The standard InChI is InChI=1S/C11H23N3O5S2/c1-8(14-12)10(15)11(16)9(4-6-20-2)13-5-3-7-21(17,18)19/h8-9,13-14H,3-7,12H2,1-2H3,(H,17,18,19)/t8?,9-/m0/s1. The highest BCUT2D eigenvalue weighted by Crippen LogP contribution is 2.04. The molecular formula is C11H23N3O5S2. The van der Waals surface area contributed by atoms with E-state index in [0.29, 0.717) is 12.2 Å². The van der Waals surface area contributed by atoms with Crippen LogP contribution in [0.25, 0.3) is 0 Å². The fourth-order valence-corrected chi connectivity index (χ4v) is 2.53. The molecule has 0 saturated carbocycles. The molecule has 0 amide bonds. The molecule has 0 heterocycles. The van der Waals surface area contributed by atoms with Gasteiger partial charge in [-0.15, -0.1) is 0 Å². The van der Waals surface area contributed by atoms with Crippen LogP contribution in [0.15, 0.2) is 0 Å². The van der Waals surface area contributed by atoms with Crippen LogP contribution in [0.4, 0.5) is 0 Å². The average Bonchev–Trinajstić information content (AvgIpc) is 2.43. The molecule has 0 aromatic rings. The molecule has 0 aliphatic carbocycles. The van der Waals surface area contributed by atoms with Gasteiger partial charge in [0.15, 0.2) is 0 Å². The Morgan fingerprint density at radius 1 is 1.33 bits per heavy atom. The van der Waals surface area contributed by atoms with Gasteiger partial charge in [0.2, 0.25) is 11.6 Å². The normalized spacial score (nSPS) is 14.7. The van der Waals surface area contributed by atoms with Crippen molar-refractivity contribution >= 4 is 33.4 Å². The lowest BCUT2D eigenvalue weighted by atomic mass is 10.0. The smallest absolute Gasteiger partial charge is 0.264 e. The molecule has 8 nitrogen and oxygen atoms in total. The summed E-state index contributed by atoms with van der Waals surface area (Å²) >= 11 is 1.54. The Morgan fingerprint density at radius 3 is 2.43 bits per heavy atom. The Hall–Kier alpha value is -0.520. The van der Waals surface area contributed by atoms with Gasteiger partial charge in [0, 0.05) is 0 Å². The van der Waals surface area contributed by atoms with Crippen molar-refractivity contribution in [3.8, 4) is 0 Å². The van der Waals surface area contributed by atoms with Gasteiger partial charge in [0.1, 0.15) is 0 Å². The molecule has 124 valence electrons. The van der Waals surface area contributed by atoms with Crippen LogP contribution in [0.2, 0.25) is 0 Å². The molecule has 0 saturated heterocycles. The lowest BCUT2D eigenvalue weighted by Gasteiger charge is -2.18. The highest BCUT2D eigenvalue weighted by molar-refractivity contribution is 7.98. The maximum atomic E-state index is 12.1. The second-order valence-electron chi connectivity index (χ2n) is 4.54. The van der Waals surface area contributed by atoms with Crippen molar-refractivity contribution in [1.29, 1.82) is 0 Å². The molecule has 21 heavy (non-hydrogen) atoms. The maximum Gasteiger partial charge on any atom is 0.264 e. The first-order chi connectivity index (χ1) is 9.72. The summed E-state index contributed by atoms with van der Waals surface area (Å²) in [6.07, 6.45) is 2.49. The number of Topliss-reactive ketones (excluding diaryl/α,β-unsaturated/α-hetero) is 2. The quantitative estimate of drug-likeness (QED) is 0.115. The molecule has 1 unspecified atom stereocenters. The molecule has 0 aliphatic rings.